The van der Waals surface area contributed by atoms with Gasteiger partial charge >= 0.3 is 0 Å². The van der Waals surface area contributed by atoms with Gasteiger partial charge in [-0.1, -0.05) is 27.7 Å². The third-order valence-corrected chi connectivity index (χ3v) is 5.95. The van der Waals surface area contributed by atoms with Crippen molar-refractivity contribution in [3.63, 3.8) is 0 Å². The Morgan fingerprint density at radius 3 is 2.56 bits per heavy atom. The molecule has 0 aromatic carbocycles. The van der Waals surface area contributed by atoms with Crippen LogP contribution in [0.5, 0.6) is 0 Å². The molecule has 3 saturated carbocycles. The maximum Gasteiger partial charge on any atom is 0.105 e. The molecule has 1 N–H and O–H groups in total. The van der Waals surface area contributed by atoms with Crippen molar-refractivity contribution in [2.75, 3.05) is 0 Å². The fourth-order valence-corrected chi connectivity index (χ4v) is 4.75. The van der Waals surface area contributed by atoms with Gasteiger partial charge in [-0.05, 0) is 42.4 Å². The molecule has 3 aliphatic rings. The topological polar surface area (TPSA) is 29.5 Å². The minimum Gasteiger partial charge on any atom is -0.390 e. The molecule has 0 heterocycles. The lowest BCUT2D eigenvalue weighted by Crippen LogP contribution is -2.60. The zero-order chi connectivity index (χ0) is 13.5. The summed E-state index contributed by atoms with van der Waals surface area (Å²) < 4.78 is 5.78. The first-order valence-corrected chi connectivity index (χ1v) is 8.20. The summed E-state index contributed by atoms with van der Waals surface area (Å²) in [5.41, 5.74) is 0.294. The van der Waals surface area contributed by atoms with Crippen LogP contribution >= 0.6 is 23.6 Å². The van der Waals surface area contributed by atoms with Crippen molar-refractivity contribution >= 4 is 23.6 Å². The lowest BCUT2D eigenvalue weighted by Gasteiger charge is -2.60. The summed E-state index contributed by atoms with van der Waals surface area (Å²) in [6.45, 7) is 8.84. The zero-order valence-electron chi connectivity index (χ0n) is 11.7. The number of halogens is 1. The number of fused-ring (bicyclic) bond motifs is 2. The predicted octanol–water partition coefficient (Wildman–Crippen LogP) is 4.06. The molecule has 3 rings (SSSR count). The lowest BCUT2D eigenvalue weighted by atomic mass is 9.47. The van der Waals surface area contributed by atoms with Crippen LogP contribution in [0.1, 0.15) is 47.0 Å². The molecule has 0 aromatic heterocycles. The highest BCUT2D eigenvalue weighted by Gasteiger charge is 2.58. The van der Waals surface area contributed by atoms with Gasteiger partial charge < -0.3 is 9.29 Å². The van der Waals surface area contributed by atoms with Crippen LogP contribution in [0.25, 0.3) is 0 Å². The Morgan fingerprint density at radius 1 is 1.39 bits per heavy atom. The van der Waals surface area contributed by atoms with E-state index < -0.39 is 0 Å². The largest absolute Gasteiger partial charge is 0.390 e. The summed E-state index contributed by atoms with van der Waals surface area (Å²) in [6, 6.07) is 0. The second kappa shape index (κ2) is 5.51. The first-order valence-electron chi connectivity index (χ1n) is 6.96. The summed E-state index contributed by atoms with van der Waals surface area (Å²) in [5.74, 6) is 1.68. The van der Waals surface area contributed by atoms with Crippen molar-refractivity contribution in [2.24, 2.45) is 23.2 Å². The van der Waals surface area contributed by atoms with Gasteiger partial charge in [-0.2, -0.15) is 0 Å². The molecule has 4 heteroatoms. The van der Waals surface area contributed by atoms with Crippen molar-refractivity contribution in [1.82, 2.24) is 0 Å². The summed E-state index contributed by atoms with van der Waals surface area (Å²) in [5, 5.41) is 10.3. The lowest BCUT2D eigenvalue weighted by molar-refractivity contribution is -0.182. The highest BCUT2D eigenvalue weighted by atomic mass is 35.5. The summed E-state index contributed by atoms with van der Waals surface area (Å²) in [6.07, 6.45) is 2.73. The molecular formula is C14H25ClO2S. The molecule has 0 radical (unpaired) electrons. The molecular weight excluding hydrogens is 268 g/mol. The third-order valence-electron chi connectivity index (χ3n) is 4.80. The molecule has 3 aliphatic carbocycles. The molecule has 2 nitrogen and oxygen atoms in total. The normalized spacial score (nSPS) is 39.5. The van der Waals surface area contributed by atoms with Crippen LogP contribution < -0.4 is 0 Å². The van der Waals surface area contributed by atoms with Gasteiger partial charge in [0.05, 0.1) is 12.2 Å². The highest BCUT2D eigenvalue weighted by Crippen LogP contribution is 2.59. The van der Waals surface area contributed by atoms with Crippen LogP contribution in [0.4, 0.5) is 0 Å². The molecule has 5 unspecified atom stereocenters. The van der Waals surface area contributed by atoms with E-state index in [2.05, 4.69) is 27.7 Å². The molecule has 3 fully saturated rings. The average Bonchev–Trinajstić information content (AvgIpc) is 2.25. The summed E-state index contributed by atoms with van der Waals surface area (Å²) >= 11 is 7.55. The van der Waals surface area contributed by atoms with E-state index in [4.69, 9.17) is 15.8 Å². The van der Waals surface area contributed by atoms with Crippen molar-refractivity contribution < 1.29 is 9.29 Å². The molecule has 0 amide bonds. The van der Waals surface area contributed by atoms with Crippen LogP contribution in [0.3, 0.4) is 0 Å². The second-order valence-corrected chi connectivity index (χ2v) is 8.60. The number of aliphatic hydroxyl groups excluding tert-OH is 1. The molecule has 5 atom stereocenters. The SMILES string of the molecule is CC(C)CC(Cl)SOC1CC2CC(C1O)C2(C)C. The second-order valence-electron chi connectivity index (χ2n) is 6.86. The van der Waals surface area contributed by atoms with Crippen LogP contribution in [-0.4, -0.2) is 22.0 Å². The van der Waals surface area contributed by atoms with Crippen LogP contribution in [0.2, 0.25) is 0 Å². The molecule has 2 bridgehead atoms. The van der Waals surface area contributed by atoms with E-state index in [-0.39, 0.29) is 16.9 Å². The molecule has 0 spiro atoms. The molecule has 0 aromatic rings. The highest BCUT2D eigenvalue weighted by molar-refractivity contribution is 7.96. The van der Waals surface area contributed by atoms with E-state index in [9.17, 15) is 5.11 Å². The molecule has 106 valence electrons. The van der Waals surface area contributed by atoms with Gasteiger partial charge in [-0.15, -0.1) is 11.6 Å². The van der Waals surface area contributed by atoms with Gasteiger partial charge in [0.1, 0.15) is 4.71 Å². The maximum absolute atomic E-state index is 10.3. The van der Waals surface area contributed by atoms with Crippen LogP contribution in [-0.2, 0) is 4.18 Å². The van der Waals surface area contributed by atoms with Crippen molar-refractivity contribution in [3.05, 3.63) is 0 Å². The Hall–Kier alpha value is 0.560. The third kappa shape index (κ3) is 2.84. The van der Waals surface area contributed by atoms with E-state index in [0.717, 1.165) is 19.3 Å². The minimum atomic E-state index is -0.319. The van der Waals surface area contributed by atoms with Gasteiger partial charge in [0.25, 0.3) is 0 Å². The Bertz CT molecular complexity index is 296. The molecule has 18 heavy (non-hydrogen) atoms. The van der Waals surface area contributed by atoms with Gasteiger partial charge in [0, 0.05) is 12.0 Å². The maximum atomic E-state index is 10.3. The van der Waals surface area contributed by atoms with E-state index in [1.165, 1.54) is 12.0 Å². The molecule has 0 saturated heterocycles. The van der Waals surface area contributed by atoms with E-state index in [0.29, 0.717) is 23.2 Å². The van der Waals surface area contributed by atoms with Crippen LogP contribution in [0, 0.1) is 23.2 Å². The first kappa shape index (κ1) is 15.0. The average molecular weight is 293 g/mol. The number of hydrogen-bond acceptors (Lipinski definition) is 3. The number of hydrogen-bond donors (Lipinski definition) is 1. The Kier molecular flexibility index (Phi) is 4.58. The van der Waals surface area contributed by atoms with Gasteiger partial charge in [-0.3, -0.25) is 0 Å². The minimum absolute atomic E-state index is 0.0107. The molecule has 0 aliphatic heterocycles. The number of alkyl halides is 1. The van der Waals surface area contributed by atoms with Gasteiger partial charge in [-0.25, -0.2) is 0 Å². The standard InChI is InChI=1S/C14H25ClO2S/c1-8(2)5-12(15)18-17-11-7-9-6-10(13(11)16)14(9,3)4/h8-13,16H,5-7H2,1-4H3. The van der Waals surface area contributed by atoms with Crippen molar-refractivity contribution in [3.8, 4) is 0 Å². The summed E-state index contributed by atoms with van der Waals surface area (Å²) in [7, 11) is 0. The van der Waals surface area contributed by atoms with E-state index in [1.54, 1.807) is 0 Å². The Morgan fingerprint density at radius 2 is 2.06 bits per heavy atom. The quantitative estimate of drug-likeness (QED) is 0.612. The zero-order valence-corrected chi connectivity index (χ0v) is 13.3. The van der Waals surface area contributed by atoms with Crippen molar-refractivity contribution in [1.29, 1.82) is 0 Å². The predicted molar refractivity (Wildman–Crippen MR) is 77.6 cm³/mol. The Labute approximate surface area is 120 Å². The van der Waals surface area contributed by atoms with Gasteiger partial charge in [0.15, 0.2) is 0 Å². The fraction of sp³-hybridized carbons (Fsp3) is 1.00. The fourth-order valence-electron chi connectivity index (χ4n) is 3.35. The first-order chi connectivity index (χ1) is 8.32. The number of aliphatic hydroxyl groups is 1. The summed E-state index contributed by atoms with van der Waals surface area (Å²) in [4.78, 5) is 0. The smallest absolute Gasteiger partial charge is 0.105 e. The van der Waals surface area contributed by atoms with E-state index in [1.807, 2.05) is 0 Å². The van der Waals surface area contributed by atoms with Gasteiger partial charge in [0.2, 0.25) is 0 Å². The van der Waals surface area contributed by atoms with Crippen molar-refractivity contribution in [2.45, 2.75) is 63.9 Å². The monoisotopic (exact) mass is 292 g/mol. The number of rotatable bonds is 5. The van der Waals surface area contributed by atoms with E-state index >= 15 is 0 Å². The van der Waals surface area contributed by atoms with Crippen LogP contribution in [0.15, 0.2) is 0 Å². The Balaban J connectivity index is 1.79.